The van der Waals surface area contributed by atoms with E-state index in [2.05, 4.69) is 21.2 Å². The summed E-state index contributed by atoms with van der Waals surface area (Å²) in [5, 5.41) is 2.82. The van der Waals surface area contributed by atoms with Gasteiger partial charge in [0, 0.05) is 15.7 Å². The van der Waals surface area contributed by atoms with Crippen molar-refractivity contribution in [3.05, 3.63) is 52.0 Å². The molecule has 2 aromatic rings. The minimum atomic E-state index is -0.236. The number of hydrogen-bond acceptors (Lipinski definition) is 3. The van der Waals surface area contributed by atoms with Gasteiger partial charge in [-0.15, -0.1) is 0 Å². The van der Waals surface area contributed by atoms with Crippen molar-refractivity contribution < 1.29 is 9.53 Å². The third-order valence-electron chi connectivity index (χ3n) is 2.79. The Labute approximate surface area is 126 Å². The molecule has 2 rings (SSSR count). The summed E-state index contributed by atoms with van der Waals surface area (Å²) in [6, 6.07) is 10.7. The molecule has 0 aliphatic rings. The third-order valence-corrected chi connectivity index (χ3v) is 3.25. The zero-order chi connectivity index (χ0) is 14.7. The molecule has 20 heavy (non-hydrogen) atoms. The molecule has 0 aliphatic heterocycles. The molecule has 0 heterocycles. The molecule has 0 saturated heterocycles. The maximum absolute atomic E-state index is 12.2. The first-order chi connectivity index (χ1) is 9.49. The number of carbonyl (C=O) groups is 1. The number of methoxy groups -OCH3 is 1. The van der Waals surface area contributed by atoms with Crippen molar-refractivity contribution in [3.8, 4) is 5.75 Å². The molecule has 0 aliphatic carbocycles. The number of nitrogens with two attached hydrogens (primary N) is 1. The zero-order valence-electron chi connectivity index (χ0n) is 11.2. The lowest BCUT2D eigenvalue weighted by Crippen LogP contribution is -2.13. The fourth-order valence-electron chi connectivity index (χ4n) is 1.84. The molecule has 4 nitrogen and oxygen atoms in total. The second-order valence-electron chi connectivity index (χ2n) is 4.43. The summed E-state index contributed by atoms with van der Waals surface area (Å²) in [6.07, 6.45) is 0. The standard InChI is InChI=1S/C15H15BrN2O2/c1-9-3-4-13(14(5-9)20-2)18-15(19)10-6-11(16)8-12(17)7-10/h3-8H,17H2,1-2H3,(H,18,19). The van der Waals surface area contributed by atoms with Crippen LogP contribution in [0, 0.1) is 6.92 Å². The molecule has 5 heteroatoms. The number of nitrogen functional groups attached to an aromatic ring is 1. The molecule has 0 bridgehead atoms. The number of amides is 1. The van der Waals surface area contributed by atoms with Crippen LogP contribution in [0.15, 0.2) is 40.9 Å². The Morgan fingerprint density at radius 1 is 1.25 bits per heavy atom. The normalized spacial score (nSPS) is 10.2. The quantitative estimate of drug-likeness (QED) is 0.843. The van der Waals surface area contributed by atoms with Gasteiger partial charge in [-0.3, -0.25) is 4.79 Å². The van der Waals surface area contributed by atoms with Crippen molar-refractivity contribution in [2.75, 3.05) is 18.2 Å². The fourth-order valence-corrected chi connectivity index (χ4v) is 2.35. The molecule has 1 amide bonds. The van der Waals surface area contributed by atoms with Crippen LogP contribution in [-0.2, 0) is 0 Å². The van der Waals surface area contributed by atoms with Crippen molar-refractivity contribution in [1.29, 1.82) is 0 Å². The molecule has 0 atom stereocenters. The molecule has 0 radical (unpaired) electrons. The highest BCUT2D eigenvalue weighted by Crippen LogP contribution is 2.26. The fraction of sp³-hybridized carbons (Fsp3) is 0.133. The number of ether oxygens (including phenoxy) is 1. The van der Waals surface area contributed by atoms with Crippen LogP contribution >= 0.6 is 15.9 Å². The average molecular weight is 335 g/mol. The van der Waals surface area contributed by atoms with Crippen LogP contribution in [0.3, 0.4) is 0 Å². The largest absolute Gasteiger partial charge is 0.495 e. The summed E-state index contributed by atoms with van der Waals surface area (Å²) < 4.78 is 6.02. The van der Waals surface area contributed by atoms with E-state index in [0.717, 1.165) is 10.0 Å². The second-order valence-corrected chi connectivity index (χ2v) is 5.35. The van der Waals surface area contributed by atoms with Crippen LogP contribution in [0.5, 0.6) is 5.75 Å². The molecule has 0 aromatic heterocycles. The number of halogens is 1. The van der Waals surface area contributed by atoms with Gasteiger partial charge in [-0.25, -0.2) is 0 Å². The first-order valence-electron chi connectivity index (χ1n) is 6.01. The number of anilines is 2. The van der Waals surface area contributed by atoms with Crippen molar-refractivity contribution in [2.24, 2.45) is 0 Å². The molecule has 0 spiro atoms. The highest BCUT2D eigenvalue weighted by atomic mass is 79.9. The first kappa shape index (κ1) is 14.4. The Hall–Kier alpha value is -2.01. The number of carbonyl (C=O) groups excluding carboxylic acids is 1. The van der Waals surface area contributed by atoms with E-state index >= 15 is 0 Å². The Balaban J connectivity index is 2.27. The van der Waals surface area contributed by atoms with Crippen LogP contribution in [0.4, 0.5) is 11.4 Å². The van der Waals surface area contributed by atoms with E-state index < -0.39 is 0 Å². The lowest BCUT2D eigenvalue weighted by Gasteiger charge is -2.11. The van der Waals surface area contributed by atoms with Crippen LogP contribution in [0.1, 0.15) is 15.9 Å². The highest BCUT2D eigenvalue weighted by Gasteiger charge is 2.11. The summed E-state index contributed by atoms with van der Waals surface area (Å²) >= 11 is 3.32. The lowest BCUT2D eigenvalue weighted by molar-refractivity contribution is 0.102. The van der Waals surface area contributed by atoms with Crippen LogP contribution in [-0.4, -0.2) is 13.0 Å². The summed E-state index contributed by atoms with van der Waals surface area (Å²) in [7, 11) is 1.57. The minimum Gasteiger partial charge on any atom is -0.495 e. The molecule has 3 N–H and O–H groups in total. The molecular weight excluding hydrogens is 320 g/mol. The van der Waals surface area contributed by atoms with Crippen molar-refractivity contribution >= 4 is 33.2 Å². The summed E-state index contributed by atoms with van der Waals surface area (Å²) in [6.45, 7) is 1.96. The molecule has 0 unspecified atom stereocenters. The van der Waals surface area contributed by atoms with Crippen molar-refractivity contribution in [1.82, 2.24) is 0 Å². The average Bonchev–Trinajstić information content (AvgIpc) is 2.39. The maximum atomic E-state index is 12.2. The number of rotatable bonds is 3. The van der Waals surface area contributed by atoms with Crippen LogP contribution in [0.25, 0.3) is 0 Å². The molecule has 2 aromatic carbocycles. The molecular formula is C15H15BrN2O2. The smallest absolute Gasteiger partial charge is 0.255 e. The Kier molecular flexibility index (Phi) is 4.29. The van der Waals surface area contributed by atoms with Gasteiger partial charge in [-0.1, -0.05) is 22.0 Å². The highest BCUT2D eigenvalue weighted by molar-refractivity contribution is 9.10. The van der Waals surface area contributed by atoms with Gasteiger partial charge in [0.2, 0.25) is 0 Å². The van der Waals surface area contributed by atoms with E-state index in [1.165, 1.54) is 0 Å². The van der Waals surface area contributed by atoms with Crippen LogP contribution in [0.2, 0.25) is 0 Å². The van der Waals surface area contributed by atoms with Gasteiger partial charge in [-0.2, -0.15) is 0 Å². The molecule has 0 fully saturated rings. The van der Waals surface area contributed by atoms with Gasteiger partial charge in [0.25, 0.3) is 5.91 Å². The van der Waals surface area contributed by atoms with E-state index in [9.17, 15) is 4.79 Å². The number of hydrogen-bond donors (Lipinski definition) is 2. The Bertz CT molecular complexity index is 636. The van der Waals surface area contributed by atoms with Gasteiger partial charge in [0.1, 0.15) is 5.75 Å². The minimum absolute atomic E-state index is 0.236. The Morgan fingerprint density at radius 2 is 2.00 bits per heavy atom. The maximum Gasteiger partial charge on any atom is 0.255 e. The van der Waals surface area contributed by atoms with Gasteiger partial charge in [-0.05, 0) is 42.8 Å². The predicted octanol–water partition coefficient (Wildman–Crippen LogP) is 3.60. The van der Waals surface area contributed by atoms with E-state index in [4.69, 9.17) is 10.5 Å². The van der Waals surface area contributed by atoms with E-state index in [1.807, 2.05) is 25.1 Å². The number of benzene rings is 2. The van der Waals surface area contributed by atoms with Crippen molar-refractivity contribution in [2.45, 2.75) is 6.92 Å². The van der Waals surface area contributed by atoms with E-state index in [1.54, 1.807) is 25.3 Å². The molecule has 104 valence electrons. The Morgan fingerprint density at radius 3 is 2.65 bits per heavy atom. The number of nitrogens with one attached hydrogen (secondary N) is 1. The monoisotopic (exact) mass is 334 g/mol. The zero-order valence-corrected chi connectivity index (χ0v) is 12.8. The second kappa shape index (κ2) is 5.96. The van der Waals surface area contributed by atoms with E-state index in [-0.39, 0.29) is 5.91 Å². The summed E-state index contributed by atoms with van der Waals surface area (Å²) in [5.74, 6) is 0.390. The van der Waals surface area contributed by atoms with Gasteiger partial charge in [0.05, 0.1) is 12.8 Å². The topological polar surface area (TPSA) is 64.3 Å². The summed E-state index contributed by atoms with van der Waals surface area (Å²) in [5.41, 5.74) is 8.43. The van der Waals surface area contributed by atoms with E-state index in [0.29, 0.717) is 22.7 Å². The molecule has 0 saturated carbocycles. The van der Waals surface area contributed by atoms with Crippen molar-refractivity contribution in [3.63, 3.8) is 0 Å². The first-order valence-corrected chi connectivity index (χ1v) is 6.81. The van der Waals surface area contributed by atoms with Gasteiger partial charge >= 0.3 is 0 Å². The third kappa shape index (κ3) is 3.30. The number of aryl methyl sites for hydroxylation is 1. The van der Waals surface area contributed by atoms with Gasteiger partial charge < -0.3 is 15.8 Å². The SMILES string of the molecule is COc1cc(C)ccc1NC(=O)c1cc(N)cc(Br)c1. The predicted molar refractivity (Wildman–Crippen MR) is 84.2 cm³/mol. The van der Waals surface area contributed by atoms with Gasteiger partial charge in [0.15, 0.2) is 0 Å². The summed E-state index contributed by atoms with van der Waals surface area (Å²) in [4.78, 5) is 12.2. The lowest BCUT2D eigenvalue weighted by atomic mass is 10.1. The van der Waals surface area contributed by atoms with Crippen LogP contribution < -0.4 is 15.8 Å².